The molecule has 124 valence electrons. The van der Waals surface area contributed by atoms with Gasteiger partial charge in [0.1, 0.15) is 0 Å². The van der Waals surface area contributed by atoms with Crippen LogP contribution in [0, 0.1) is 5.92 Å². The Bertz CT molecular complexity index is 569. The number of nitrogens with zero attached hydrogens (tertiary/aromatic N) is 2. The highest BCUT2D eigenvalue weighted by Gasteiger charge is 2.30. The predicted molar refractivity (Wildman–Crippen MR) is 90.3 cm³/mol. The van der Waals surface area contributed by atoms with Crippen LogP contribution in [0.2, 0.25) is 5.02 Å². The van der Waals surface area contributed by atoms with Gasteiger partial charge in [0.25, 0.3) is 0 Å². The van der Waals surface area contributed by atoms with Crippen molar-refractivity contribution in [1.82, 2.24) is 9.80 Å². The van der Waals surface area contributed by atoms with E-state index in [-0.39, 0.29) is 11.8 Å². The van der Waals surface area contributed by atoms with Crippen LogP contribution in [0.1, 0.15) is 31.2 Å². The molecule has 2 fully saturated rings. The highest BCUT2D eigenvalue weighted by Crippen LogP contribution is 2.28. The van der Waals surface area contributed by atoms with Crippen LogP contribution < -0.4 is 0 Å². The molecule has 23 heavy (non-hydrogen) atoms. The molecule has 4 nitrogen and oxygen atoms in total. The van der Waals surface area contributed by atoms with Crippen molar-refractivity contribution in [2.75, 3.05) is 26.2 Å². The highest BCUT2D eigenvalue weighted by atomic mass is 35.5. The van der Waals surface area contributed by atoms with E-state index in [1.807, 2.05) is 34.1 Å². The first kappa shape index (κ1) is 16.3. The molecule has 1 aliphatic carbocycles. The number of amides is 2. The van der Waals surface area contributed by atoms with Crippen LogP contribution in [-0.4, -0.2) is 47.8 Å². The van der Waals surface area contributed by atoms with Crippen molar-refractivity contribution in [2.24, 2.45) is 5.92 Å². The van der Waals surface area contributed by atoms with E-state index < -0.39 is 0 Å². The zero-order valence-electron chi connectivity index (χ0n) is 13.3. The lowest BCUT2D eigenvalue weighted by molar-refractivity contribution is -0.138. The third kappa shape index (κ3) is 4.05. The minimum absolute atomic E-state index is 0.130. The summed E-state index contributed by atoms with van der Waals surface area (Å²) in [5.41, 5.74) is 0.978. The molecule has 0 N–H and O–H groups in total. The SMILES string of the molecule is O=C(Cc1ccc(Cl)cc1)N1CCCN(C(=O)C2CCC2)CC1. The van der Waals surface area contributed by atoms with Gasteiger partial charge in [-0.05, 0) is 37.0 Å². The Morgan fingerprint density at radius 2 is 1.61 bits per heavy atom. The average Bonchev–Trinajstić information content (AvgIpc) is 2.74. The van der Waals surface area contributed by atoms with Gasteiger partial charge in [0.2, 0.25) is 11.8 Å². The van der Waals surface area contributed by atoms with Gasteiger partial charge in [0.15, 0.2) is 0 Å². The van der Waals surface area contributed by atoms with Crippen LogP contribution in [0.4, 0.5) is 0 Å². The molecule has 2 aliphatic rings. The second-order valence-electron chi connectivity index (χ2n) is 6.49. The topological polar surface area (TPSA) is 40.6 Å². The molecule has 0 spiro atoms. The normalized spacial score (nSPS) is 19.2. The summed E-state index contributed by atoms with van der Waals surface area (Å²) >= 11 is 5.87. The van der Waals surface area contributed by atoms with Gasteiger partial charge in [-0.25, -0.2) is 0 Å². The lowest BCUT2D eigenvalue weighted by Crippen LogP contribution is -2.41. The van der Waals surface area contributed by atoms with Crippen LogP contribution in [-0.2, 0) is 16.0 Å². The molecule has 0 atom stereocenters. The molecule has 1 aliphatic heterocycles. The van der Waals surface area contributed by atoms with Crippen molar-refractivity contribution in [1.29, 1.82) is 0 Å². The first-order chi connectivity index (χ1) is 11.1. The second kappa shape index (κ2) is 7.35. The van der Waals surface area contributed by atoms with Gasteiger partial charge in [-0.3, -0.25) is 9.59 Å². The lowest BCUT2D eigenvalue weighted by atomic mass is 9.84. The standard InChI is InChI=1S/C18H23ClN2O2/c19-16-7-5-14(6-8-16)13-17(22)20-9-2-10-21(12-11-20)18(23)15-3-1-4-15/h5-8,15H,1-4,9-13H2. The molecule has 5 heteroatoms. The molecule has 3 rings (SSSR count). The minimum Gasteiger partial charge on any atom is -0.341 e. The van der Waals surface area contributed by atoms with E-state index in [1.165, 1.54) is 6.42 Å². The molecule has 1 aromatic rings. The maximum absolute atomic E-state index is 12.5. The molecule has 0 aromatic heterocycles. The molecule has 1 saturated heterocycles. The zero-order chi connectivity index (χ0) is 16.2. The zero-order valence-corrected chi connectivity index (χ0v) is 14.1. The van der Waals surface area contributed by atoms with E-state index in [1.54, 1.807) is 0 Å². The van der Waals surface area contributed by atoms with Gasteiger partial charge in [0, 0.05) is 37.1 Å². The molecule has 0 radical (unpaired) electrons. The summed E-state index contributed by atoms with van der Waals surface area (Å²) < 4.78 is 0. The van der Waals surface area contributed by atoms with Crippen LogP contribution in [0.3, 0.4) is 0 Å². The molecular formula is C18H23ClN2O2. The van der Waals surface area contributed by atoms with E-state index in [4.69, 9.17) is 11.6 Å². The molecule has 0 bridgehead atoms. The Balaban J connectivity index is 1.53. The fourth-order valence-corrected chi connectivity index (χ4v) is 3.32. The van der Waals surface area contributed by atoms with Crippen molar-refractivity contribution in [3.8, 4) is 0 Å². The summed E-state index contributed by atoms with van der Waals surface area (Å²) in [5.74, 6) is 0.667. The molecular weight excluding hydrogens is 312 g/mol. The first-order valence-corrected chi connectivity index (χ1v) is 8.82. The number of hydrogen-bond donors (Lipinski definition) is 0. The number of benzene rings is 1. The molecule has 1 saturated carbocycles. The van der Waals surface area contributed by atoms with E-state index in [9.17, 15) is 9.59 Å². The molecule has 1 heterocycles. The Kier molecular flexibility index (Phi) is 5.21. The summed E-state index contributed by atoms with van der Waals surface area (Å²) in [7, 11) is 0. The Morgan fingerprint density at radius 1 is 0.957 bits per heavy atom. The summed E-state index contributed by atoms with van der Waals surface area (Å²) in [6.45, 7) is 2.83. The maximum atomic E-state index is 12.5. The number of halogens is 1. The number of carbonyl (C=O) groups excluding carboxylic acids is 2. The third-order valence-electron chi connectivity index (χ3n) is 4.88. The fourth-order valence-electron chi connectivity index (χ4n) is 3.19. The van der Waals surface area contributed by atoms with Gasteiger partial charge in [-0.1, -0.05) is 30.2 Å². The van der Waals surface area contributed by atoms with E-state index in [0.29, 0.717) is 30.4 Å². The first-order valence-electron chi connectivity index (χ1n) is 8.44. The van der Waals surface area contributed by atoms with Gasteiger partial charge < -0.3 is 9.80 Å². The van der Waals surface area contributed by atoms with E-state index in [0.717, 1.165) is 37.9 Å². The Labute approximate surface area is 142 Å². The van der Waals surface area contributed by atoms with Crippen molar-refractivity contribution in [3.05, 3.63) is 34.9 Å². The van der Waals surface area contributed by atoms with E-state index in [2.05, 4.69) is 0 Å². The van der Waals surface area contributed by atoms with Crippen molar-refractivity contribution >= 4 is 23.4 Å². The summed E-state index contributed by atoms with van der Waals surface area (Å²) in [6, 6.07) is 7.41. The third-order valence-corrected chi connectivity index (χ3v) is 5.14. The summed E-state index contributed by atoms with van der Waals surface area (Å²) in [4.78, 5) is 28.7. The summed E-state index contributed by atoms with van der Waals surface area (Å²) in [5, 5.41) is 0.682. The smallest absolute Gasteiger partial charge is 0.227 e. The van der Waals surface area contributed by atoms with Crippen LogP contribution in [0.5, 0.6) is 0 Å². The highest BCUT2D eigenvalue weighted by molar-refractivity contribution is 6.30. The number of hydrogen-bond acceptors (Lipinski definition) is 2. The van der Waals surface area contributed by atoms with Crippen molar-refractivity contribution in [2.45, 2.75) is 32.1 Å². The lowest BCUT2D eigenvalue weighted by Gasteiger charge is -2.31. The van der Waals surface area contributed by atoms with Crippen LogP contribution >= 0.6 is 11.6 Å². The summed E-state index contributed by atoms with van der Waals surface area (Å²) in [6.07, 6.45) is 4.51. The van der Waals surface area contributed by atoms with E-state index >= 15 is 0 Å². The van der Waals surface area contributed by atoms with Gasteiger partial charge >= 0.3 is 0 Å². The molecule has 0 unspecified atom stereocenters. The molecule has 2 amide bonds. The maximum Gasteiger partial charge on any atom is 0.227 e. The second-order valence-corrected chi connectivity index (χ2v) is 6.93. The van der Waals surface area contributed by atoms with Gasteiger partial charge in [0.05, 0.1) is 6.42 Å². The Morgan fingerprint density at radius 3 is 2.26 bits per heavy atom. The largest absolute Gasteiger partial charge is 0.341 e. The van der Waals surface area contributed by atoms with Gasteiger partial charge in [-0.2, -0.15) is 0 Å². The van der Waals surface area contributed by atoms with Crippen LogP contribution in [0.15, 0.2) is 24.3 Å². The number of carbonyl (C=O) groups is 2. The van der Waals surface area contributed by atoms with Crippen molar-refractivity contribution < 1.29 is 9.59 Å². The average molecular weight is 335 g/mol. The van der Waals surface area contributed by atoms with Crippen molar-refractivity contribution in [3.63, 3.8) is 0 Å². The number of rotatable bonds is 3. The molecule has 1 aromatic carbocycles. The predicted octanol–water partition coefficient (Wildman–Crippen LogP) is 2.74. The minimum atomic E-state index is 0.130. The Hall–Kier alpha value is -1.55. The quantitative estimate of drug-likeness (QED) is 0.852. The van der Waals surface area contributed by atoms with Crippen LogP contribution in [0.25, 0.3) is 0 Å². The fraction of sp³-hybridized carbons (Fsp3) is 0.556. The van der Waals surface area contributed by atoms with Gasteiger partial charge in [-0.15, -0.1) is 0 Å². The monoisotopic (exact) mass is 334 g/mol.